The third-order valence-electron chi connectivity index (χ3n) is 4.08. The van der Waals surface area contributed by atoms with Gasteiger partial charge in [-0.05, 0) is 39.8 Å². The first-order valence-corrected chi connectivity index (χ1v) is 8.30. The summed E-state index contributed by atoms with van der Waals surface area (Å²) in [6.07, 6.45) is 0. The number of nitrogens with zero attached hydrogens (tertiary/aromatic N) is 2. The van der Waals surface area contributed by atoms with Crippen LogP contribution in [-0.2, 0) is 4.79 Å². The Bertz CT molecular complexity index is 654. The zero-order valence-electron chi connectivity index (χ0n) is 15.8. The van der Waals surface area contributed by atoms with Gasteiger partial charge < -0.3 is 24.6 Å². The molecule has 1 heterocycles. The number of hydrogen-bond donors (Lipinski definition) is 1. The van der Waals surface area contributed by atoms with E-state index in [4.69, 9.17) is 9.47 Å². The van der Waals surface area contributed by atoms with Gasteiger partial charge in [0.15, 0.2) is 0 Å². The second-order valence-electron chi connectivity index (χ2n) is 7.08. The van der Waals surface area contributed by atoms with Crippen molar-refractivity contribution in [3.8, 4) is 11.5 Å². The van der Waals surface area contributed by atoms with Crippen LogP contribution in [0.3, 0.4) is 0 Å². The van der Waals surface area contributed by atoms with E-state index in [9.17, 15) is 9.59 Å². The first-order chi connectivity index (χ1) is 11.7. The Morgan fingerprint density at radius 2 is 1.88 bits per heavy atom. The van der Waals surface area contributed by atoms with Crippen molar-refractivity contribution in [2.75, 3.05) is 32.2 Å². The van der Waals surface area contributed by atoms with Gasteiger partial charge in [0.1, 0.15) is 17.5 Å². The van der Waals surface area contributed by atoms with Crippen LogP contribution in [0.5, 0.6) is 11.5 Å². The van der Waals surface area contributed by atoms with Gasteiger partial charge in [0.05, 0.1) is 19.9 Å². The van der Waals surface area contributed by atoms with E-state index >= 15 is 0 Å². The van der Waals surface area contributed by atoms with E-state index in [1.165, 1.54) is 0 Å². The van der Waals surface area contributed by atoms with Crippen LogP contribution < -0.4 is 19.7 Å². The lowest BCUT2D eigenvalue weighted by Crippen LogP contribution is -2.61. The Balaban J connectivity index is 2.23. The lowest BCUT2D eigenvalue weighted by Gasteiger charge is -2.40. The van der Waals surface area contributed by atoms with Gasteiger partial charge in [-0.15, -0.1) is 0 Å². The van der Waals surface area contributed by atoms with E-state index in [0.29, 0.717) is 30.3 Å². The van der Waals surface area contributed by atoms with Gasteiger partial charge in [0, 0.05) is 24.7 Å². The molecule has 1 atom stereocenters. The summed E-state index contributed by atoms with van der Waals surface area (Å²) in [5.74, 6) is 1.08. The van der Waals surface area contributed by atoms with Crippen LogP contribution in [-0.4, -0.2) is 55.7 Å². The van der Waals surface area contributed by atoms with Crippen molar-refractivity contribution >= 4 is 17.6 Å². The number of rotatable bonds is 3. The van der Waals surface area contributed by atoms with Crippen molar-refractivity contribution in [2.24, 2.45) is 0 Å². The normalized spacial score (nSPS) is 18.2. The molecule has 2 rings (SSSR count). The van der Waals surface area contributed by atoms with Crippen molar-refractivity contribution in [3.63, 3.8) is 0 Å². The van der Waals surface area contributed by atoms with Crippen LogP contribution in [0.15, 0.2) is 18.2 Å². The average molecular weight is 349 g/mol. The number of nitrogens with one attached hydrogen (secondary N) is 1. The molecule has 0 aromatic heterocycles. The molecule has 0 unspecified atom stereocenters. The number of urea groups is 1. The number of benzene rings is 1. The summed E-state index contributed by atoms with van der Waals surface area (Å²) in [4.78, 5) is 28.5. The molecule has 1 aromatic carbocycles. The average Bonchev–Trinajstić information content (AvgIpc) is 2.55. The minimum atomic E-state index is -0.563. The number of anilines is 1. The summed E-state index contributed by atoms with van der Waals surface area (Å²) in [5.41, 5.74) is 0.294. The Hall–Kier alpha value is -2.44. The minimum absolute atomic E-state index is 0.151. The summed E-state index contributed by atoms with van der Waals surface area (Å²) >= 11 is 0. The molecule has 0 radical (unpaired) electrons. The molecule has 0 bridgehead atoms. The number of carbonyl (C=O) groups is 2. The zero-order chi connectivity index (χ0) is 18.8. The monoisotopic (exact) mass is 349 g/mol. The number of carbonyl (C=O) groups excluding carboxylic acids is 2. The van der Waals surface area contributed by atoms with Gasteiger partial charge in [-0.3, -0.25) is 4.79 Å². The molecule has 1 aromatic rings. The van der Waals surface area contributed by atoms with Gasteiger partial charge in [0.25, 0.3) is 0 Å². The third-order valence-corrected chi connectivity index (χ3v) is 4.08. The van der Waals surface area contributed by atoms with Crippen molar-refractivity contribution in [2.45, 2.75) is 39.3 Å². The molecule has 1 fully saturated rings. The molecule has 1 N–H and O–H groups in total. The second-order valence-corrected chi connectivity index (χ2v) is 7.08. The first kappa shape index (κ1) is 18.9. The van der Waals surface area contributed by atoms with Crippen LogP contribution in [0.25, 0.3) is 0 Å². The van der Waals surface area contributed by atoms with Gasteiger partial charge in [-0.1, -0.05) is 0 Å². The number of amides is 3. The number of piperazine rings is 1. The smallest absolute Gasteiger partial charge is 0.318 e. The van der Waals surface area contributed by atoms with Gasteiger partial charge in [-0.25, -0.2) is 4.79 Å². The molecular weight excluding hydrogens is 322 g/mol. The minimum Gasteiger partial charge on any atom is -0.497 e. The van der Waals surface area contributed by atoms with Gasteiger partial charge in [-0.2, -0.15) is 0 Å². The number of ether oxygens (including phenoxy) is 2. The predicted molar refractivity (Wildman–Crippen MR) is 96.4 cm³/mol. The Morgan fingerprint density at radius 1 is 1.20 bits per heavy atom. The van der Waals surface area contributed by atoms with E-state index < -0.39 is 6.04 Å². The van der Waals surface area contributed by atoms with Crippen LogP contribution in [0, 0.1) is 0 Å². The lowest BCUT2D eigenvalue weighted by molar-refractivity contribution is -0.124. The fourth-order valence-corrected chi connectivity index (χ4v) is 2.79. The first-order valence-electron chi connectivity index (χ1n) is 8.30. The molecule has 1 aliphatic heterocycles. The Labute approximate surface area is 148 Å². The number of hydrogen-bond acceptors (Lipinski definition) is 4. The van der Waals surface area contributed by atoms with E-state index in [-0.39, 0.29) is 17.5 Å². The molecule has 0 aliphatic carbocycles. The predicted octanol–water partition coefficient (Wildman–Crippen LogP) is 2.25. The summed E-state index contributed by atoms with van der Waals surface area (Å²) in [7, 11) is 3.14. The largest absolute Gasteiger partial charge is 0.497 e. The van der Waals surface area contributed by atoms with E-state index in [1.54, 1.807) is 49.1 Å². The molecule has 3 amide bonds. The highest BCUT2D eigenvalue weighted by atomic mass is 16.5. The van der Waals surface area contributed by atoms with E-state index in [1.807, 2.05) is 20.8 Å². The van der Waals surface area contributed by atoms with Crippen LogP contribution in [0.1, 0.15) is 27.7 Å². The second kappa shape index (κ2) is 7.21. The van der Waals surface area contributed by atoms with Gasteiger partial charge >= 0.3 is 6.03 Å². The van der Waals surface area contributed by atoms with Gasteiger partial charge in [0.2, 0.25) is 5.91 Å². The topological polar surface area (TPSA) is 71.1 Å². The van der Waals surface area contributed by atoms with E-state index in [0.717, 1.165) is 0 Å². The van der Waals surface area contributed by atoms with Crippen molar-refractivity contribution in [1.29, 1.82) is 0 Å². The van der Waals surface area contributed by atoms with Crippen molar-refractivity contribution < 1.29 is 19.1 Å². The molecule has 1 saturated heterocycles. The van der Waals surface area contributed by atoms with Crippen molar-refractivity contribution in [3.05, 3.63) is 18.2 Å². The fraction of sp³-hybridized carbons (Fsp3) is 0.556. The van der Waals surface area contributed by atoms with Crippen molar-refractivity contribution in [1.82, 2.24) is 10.2 Å². The molecule has 25 heavy (non-hydrogen) atoms. The highest BCUT2D eigenvalue weighted by Crippen LogP contribution is 2.34. The van der Waals surface area contributed by atoms with Crippen LogP contribution in [0.4, 0.5) is 10.5 Å². The Morgan fingerprint density at radius 3 is 2.44 bits per heavy atom. The summed E-state index contributed by atoms with van der Waals surface area (Å²) in [6.45, 7) is 8.31. The third kappa shape index (κ3) is 4.15. The highest BCUT2D eigenvalue weighted by molar-refractivity contribution is 6.01. The lowest BCUT2D eigenvalue weighted by atomic mass is 10.1. The maximum absolute atomic E-state index is 12.9. The summed E-state index contributed by atoms with van der Waals surface area (Å²) in [6, 6.07) is 4.53. The van der Waals surface area contributed by atoms with Crippen LogP contribution >= 0.6 is 0 Å². The van der Waals surface area contributed by atoms with Crippen LogP contribution in [0.2, 0.25) is 0 Å². The molecule has 7 nitrogen and oxygen atoms in total. The fourth-order valence-electron chi connectivity index (χ4n) is 2.79. The number of methoxy groups -OCH3 is 2. The zero-order valence-corrected chi connectivity index (χ0v) is 15.8. The molecule has 0 saturated carbocycles. The maximum Gasteiger partial charge on any atom is 0.318 e. The summed E-state index contributed by atoms with van der Waals surface area (Å²) in [5, 5.41) is 2.91. The molecule has 0 spiro atoms. The molecule has 7 heteroatoms. The molecule has 138 valence electrons. The quantitative estimate of drug-likeness (QED) is 0.908. The standard InChI is InChI=1S/C18H27N3O4/c1-12-16(22)21(10-9-20(12)17(23)19-18(2,3)4)14-11-13(24-5)7-8-15(14)25-6/h7-8,11-12H,9-10H2,1-6H3,(H,19,23)/t12-/m0/s1. The molecular formula is C18H27N3O4. The molecule has 1 aliphatic rings. The van der Waals surface area contributed by atoms with E-state index in [2.05, 4.69) is 5.32 Å². The maximum atomic E-state index is 12.9. The SMILES string of the molecule is COc1ccc(OC)c(N2CCN(C(=O)NC(C)(C)C)[C@@H](C)C2=O)c1. The highest BCUT2D eigenvalue weighted by Gasteiger charge is 2.37. The Kier molecular flexibility index (Phi) is 5.45. The summed E-state index contributed by atoms with van der Waals surface area (Å²) < 4.78 is 10.6.